The van der Waals surface area contributed by atoms with Crippen LogP contribution in [0.5, 0.6) is 0 Å². The summed E-state index contributed by atoms with van der Waals surface area (Å²) in [6.45, 7) is 5.12. The lowest BCUT2D eigenvalue weighted by Gasteiger charge is -2.10. The van der Waals surface area contributed by atoms with E-state index in [4.69, 9.17) is 0 Å². The maximum atomic E-state index is 4.63. The fraction of sp³-hybridized carbons (Fsp3) is 0.357. The first-order valence-electron chi connectivity index (χ1n) is 6.01. The van der Waals surface area contributed by atoms with Crippen LogP contribution in [-0.2, 0) is 6.54 Å². The number of aromatic nitrogens is 2. The van der Waals surface area contributed by atoms with Crippen LogP contribution in [0.1, 0.15) is 25.6 Å². The monoisotopic (exact) mass is 229 g/mol. The third kappa shape index (κ3) is 2.56. The van der Waals surface area contributed by atoms with Crippen molar-refractivity contribution in [1.29, 1.82) is 0 Å². The zero-order chi connectivity index (χ0) is 12.3. The Morgan fingerprint density at radius 1 is 1.24 bits per heavy atom. The normalized spacial score (nSPS) is 11.1. The first-order valence-corrected chi connectivity index (χ1v) is 6.01. The van der Waals surface area contributed by atoms with Gasteiger partial charge in [0, 0.05) is 12.6 Å². The minimum Gasteiger partial charge on any atom is -0.314 e. The van der Waals surface area contributed by atoms with E-state index in [-0.39, 0.29) is 0 Å². The van der Waals surface area contributed by atoms with Crippen molar-refractivity contribution in [3.8, 4) is 11.3 Å². The van der Waals surface area contributed by atoms with E-state index in [2.05, 4.69) is 59.3 Å². The lowest BCUT2D eigenvalue weighted by molar-refractivity contribution is 0.529. The van der Waals surface area contributed by atoms with E-state index >= 15 is 0 Å². The lowest BCUT2D eigenvalue weighted by Crippen LogP contribution is -2.08. The molecule has 1 aromatic heterocycles. The molecule has 0 saturated carbocycles. The van der Waals surface area contributed by atoms with Crippen LogP contribution in [0.15, 0.2) is 36.4 Å². The highest BCUT2D eigenvalue weighted by Gasteiger charge is 2.11. The molecule has 0 amide bonds. The molecule has 1 heterocycles. The molecule has 0 atom stereocenters. The van der Waals surface area contributed by atoms with Crippen LogP contribution in [0.2, 0.25) is 0 Å². The number of hydrogen-bond donors (Lipinski definition) is 1. The molecule has 17 heavy (non-hydrogen) atoms. The number of hydrogen-bond acceptors (Lipinski definition) is 2. The van der Waals surface area contributed by atoms with Gasteiger partial charge in [-0.15, -0.1) is 0 Å². The van der Waals surface area contributed by atoms with Gasteiger partial charge in [0.1, 0.15) is 0 Å². The van der Waals surface area contributed by atoms with Gasteiger partial charge in [-0.1, -0.05) is 30.3 Å². The maximum Gasteiger partial charge on any atom is 0.0769 e. The quantitative estimate of drug-likeness (QED) is 0.873. The number of benzene rings is 1. The minimum absolute atomic E-state index is 0.371. The first-order chi connectivity index (χ1) is 8.22. The molecule has 0 aliphatic carbocycles. The summed E-state index contributed by atoms with van der Waals surface area (Å²) in [7, 11) is 1.94. The van der Waals surface area contributed by atoms with Crippen molar-refractivity contribution in [2.24, 2.45) is 0 Å². The molecule has 0 spiro atoms. The average molecular weight is 229 g/mol. The fourth-order valence-electron chi connectivity index (χ4n) is 1.93. The molecule has 1 N–H and O–H groups in total. The van der Waals surface area contributed by atoms with Crippen LogP contribution >= 0.6 is 0 Å². The molecule has 3 nitrogen and oxygen atoms in total. The molecule has 0 aliphatic heterocycles. The lowest BCUT2D eigenvalue weighted by atomic mass is 10.1. The minimum atomic E-state index is 0.371. The van der Waals surface area contributed by atoms with Gasteiger partial charge in [0.05, 0.1) is 11.4 Å². The van der Waals surface area contributed by atoms with Gasteiger partial charge in [-0.3, -0.25) is 4.68 Å². The molecule has 2 aromatic rings. The molecule has 0 fully saturated rings. The van der Waals surface area contributed by atoms with Crippen LogP contribution in [-0.4, -0.2) is 16.8 Å². The van der Waals surface area contributed by atoms with Gasteiger partial charge >= 0.3 is 0 Å². The zero-order valence-electron chi connectivity index (χ0n) is 10.6. The molecule has 90 valence electrons. The van der Waals surface area contributed by atoms with Gasteiger partial charge < -0.3 is 5.32 Å². The Hall–Kier alpha value is -1.61. The third-order valence-electron chi connectivity index (χ3n) is 2.70. The van der Waals surface area contributed by atoms with Gasteiger partial charge in [0.15, 0.2) is 0 Å². The van der Waals surface area contributed by atoms with Crippen LogP contribution in [0.4, 0.5) is 0 Å². The molecule has 0 unspecified atom stereocenters. The second kappa shape index (κ2) is 5.15. The molecule has 0 saturated heterocycles. The van der Waals surface area contributed by atoms with E-state index in [1.165, 1.54) is 11.3 Å². The van der Waals surface area contributed by atoms with Crippen LogP contribution < -0.4 is 5.32 Å². The summed E-state index contributed by atoms with van der Waals surface area (Å²) >= 11 is 0. The van der Waals surface area contributed by atoms with E-state index in [0.29, 0.717) is 6.04 Å². The van der Waals surface area contributed by atoms with Gasteiger partial charge in [0.2, 0.25) is 0 Å². The van der Waals surface area contributed by atoms with Gasteiger partial charge in [-0.05, 0) is 32.5 Å². The number of nitrogens with one attached hydrogen (secondary N) is 1. The van der Waals surface area contributed by atoms with E-state index in [1.54, 1.807) is 0 Å². The second-order valence-electron chi connectivity index (χ2n) is 4.46. The Balaban J connectivity index is 2.44. The molecule has 0 bridgehead atoms. The zero-order valence-corrected chi connectivity index (χ0v) is 10.6. The van der Waals surface area contributed by atoms with Crippen molar-refractivity contribution >= 4 is 0 Å². The topological polar surface area (TPSA) is 29.9 Å². The van der Waals surface area contributed by atoms with Gasteiger partial charge in [-0.25, -0.2) is 0 Å². The van der Waals surface area contributed by atoms with Crippen molar-refractivity contribution in [3.05, 3.63) is 42.1 Å². The summed E-state index contributed by atoms with van der Waals surface area (Å²) in [4.78, 5) is 0. The molecule has 2 rings (SSSR count). The summed E-state index contributed by atoms with van der Waals surface area (Å²) in [5.41, 5.74) is 3.49. The second-order valence-corrected chi connectivity index (χ2v) is 4.46. The Bertz CT molecular complexity index is 471. The highest BCUT2D eigenvalue weighted by atomic mass is 15.3. The maximum absolute atomic E-state index is 4.63. The van der Waals surface area contributed by atoms with Gasteiger partial charge in [0.25, 0.3) is 0 Å². The largest absolute Gasteiger partial charge is 0.314 e. The molecule has 0 radical (unpaired) electrons. The van der Waals surface area contributed by atoms with Crippen molar-refractivity contribution in [3.63, 3.8) is 0 Å². The molecular weight excluding hydrogens is 210 g/mol. The molecular formula is C14H19N3. The summed E-state index contributed by atoms with van der Waals surface area (Å²) < 4.78 is 2.09. The molecule has 1 aromatic carbocycles. The third-order valence-corrected chi connectivity index (χ3v) is 2.70. The van der Waals surface area contributed by atoms with Crippen molar-refractivity contribution in [1.82, 2.24) is 15.1 Å². The first kappa shape index (κ1) is 11.9. The van der Waals surface area contributed by atoms with Crippen LogP contribution in [0, 0.1) is 0 Å². The van der Waals surface area contributed by atoms with E-state index in [9.17, 15) is 0 Å². The fourth-order valence-corrected chi connectivity index (χ4v) is 1.93. The summed E-state index contributed by atoms with van der Waals surface area (Å²) in [5, 5.41) is 7.77. The van der Waals surface area contributed by atoms with E-state index in [1.807, 2.05) is 13.1 Å². The standard InChI is InChI=1S/C14H19N3/c1-11(2)17-14(9-13(16-17)10-15-3)12-7-5-4-6-8-12/h4-9,11,15H,10H2,1-3H3. The Labute approximate surface area is 102 Å². The summed E-state index contributed by atoms with van der Waals surface area (Å²) in [6.07, 6.45) is 0. The average Bonchev–Trinajstić information content (AvgIpc) is 2.75. The predicted molar refractivity (Wildman–Crippen MR) is 70.8 cm³/mol. The summed E-state index contributed by atoms with van der Waals surface area (Å²) in [6, 6.07) is 12.9. The predicted octanol–water partition coefficient (Wildman–Crippen LogP) is 2.85. The summed E-state index contributed by atoms with van der Waals surface area (Å²) in [5.74, 6) is 0. The van der Waals surface area contributed by atoms with Crippen molar-refractivity contribution < 1.29 is 0 Å². The highest BCUT2D eigenvalue weighted by molar-refractivity contribution is 5.60. The SMILES string of the molecule is CNCc1cc(-c2ccccc2)n(C(C)C)n1. The Morgan fingerprint density at radius 3 is 2.53 bits per heavy atom. The van der Waals surface area contributed by atoms with Crippen molar-refractivity contribution in [2.75, 3.05) is 7.05 Å². The smallest absolute Gasteiger partial charge is 0.0769 e. The molecule has 0 aliphatic rings. The van der Waals surface area contributed by atoms with Crippen LogP contribution in [0.3, 0.4) is 0 Å². The number of nitrogens with zero attached hydrogens (tertiary/aromatic N) is 2. The highest BCUT2D eigenvalue weighted by Crippen LogP contribution is 2.23. The number of rotatable bonds is 4. The van der Waals surface area contributed by atoms with Crippen molar-refractivity contribution in [2.45, 2.75) is 26.4 Å². The molecule has 3 heteroatoms. The van der Waals surface area contributed by atoms with E-state index in [0.717, 1.165) is 12.2 Å². The van der Waals surface area contributed by atoms with Gasteiger partial charge in [-0.2, -0.15) is 5.10 Å². The van der Waals surface area contributed by atoms with Crippen LogP contribution in [0.25, 0.3) is 11.3 Å². The Kier molecular flexibility index (Phi) is 3.59. The Morgan fingerprint density at radius 2 is 1.94 bits per heavy atom. The van der Waals surface area contributed by atoms with E-state index < -0.39 is 0 Å².